The molecule has 0 aliphatic heterocycles. The molecule has 0 bridgehead atoms. The molecule has 0 aromatic carbocycles. The number of hydrogen-bond donors (Lipinski definition) is 3. The van der Waals surface area contributed by atoms with Gasteiger partial charge in [-0.1, -0.05) is 53.6 Å². The van der Waals surface area contributed by atoms with E-state index in [-0.39, 0.29) is 64.2 Å². The van der Waals surface area contributed by atoms with Crippen LogP contribution >= 0.6 is 0 Å². The van der Waals surface area contributed by atoms with Crippen LogP contribution in [0.25, 0.3) is 0 Å². The number of urea groups is 1. The highest BCUT2D eigenvalue weighted by Crippen LogP contribution is 2.76. The Morgan fingerprint density at radius 2 is 1.66 bits per heavy atom. The van der Waals surface area contributed by atoms with Crippen molar-refractivity contribution in [2.45, 2.75) is 145 Å². The number of Topliss-reactive ketones (excluding diaryl/α,β-unsaturated/α-hetero) is 1. The molecule has 0 radical (unpaired) electrons. The van der Waals surface area contributed by atoms with Crippen LogP contribution in [-0.2, 0) is 19.1 Å². The number of ether oxygens (including phenoxy) is 1. The van der Waals surface area contributed by atoms with Crippen molar-refractivity contribution in [2.24, 2.45) is 50.7 Å². The molecule has 0 unspecified atom stereocenters. The Kier molecular flexibility index (Phi) is 8.70. The van der Waals surface area contributed by atoms with Crippen molar-refractivity contribution in [3.63, 3.8) is 0 Å². The summed E-state index contributed by atoms with van der Waals surface area (Å²) in [6, 6.07) is -0.405. The summed E-state index contributed by atoms with van der Waals surface area (Å²) in [4.78, 5) is 52.1. The van der Waals surface area contributed by atoms with Crippen LogP contribution in [0.1, 0.15) is 132 Å². The smallest absolute Gasteiger partial charge is 0.323 e. The molecule has 1 aromatic heterocycles. The van der Waals surface area contributed by atoms with Gasteiger partial charge >= 0.3 is 24.0 Å². The lowest BCUT2D eigenvalue weighted by molar-refractivity contribution is -0.232. The topological polar surface area (TPSA) is 161 Å². The molecule has 276 valence electrons. The van der Waals surface area contributed by atoms with Crippen molar-refractivity contribution < 1.29 is 33.4 Å². The first-order chi connectivity index (χ1) is 23.1. The number of amides is 2. The molecule has 0 saturated heterocycles. The van der Waals surface area contributed by atoms with Crippen molar-refractivity contribution in [2.75, 3.05) is 5.32 Å². The van der Waals surface area contributed by atoms with Gasteiger partial charge in [-0.2, -0.15) is 0 Å². The molecule has 1 aromatic rings. The fraction of sp³-hybridized carbons (Fsp3) is 0.795. The molecule has 2 amide bonds. The zero-order valence-corrected chi connectivity index (χ0v) is 31.7. The lowest BCUT2D eigenvalue weighted by Crippen LogP contribution is -2.67. The van der Waals surface area contributed by atoms with E-state index in [2.05, 4.69) is 69.3 Å². The Morgan fingerprint density at radius 3 is 2.28 bits per heavy atom. The van der Waals surface area contributed by atoms with Gasteiger partial charge in [0.1, 0.15) is 6.10 Å². The number of aromatic nitrogens is 2. The minimum Gasteiger partial charge on any atom is -0.481 e. The quantitative estimate of drug-likeness (QED) is 0.244. The molecule has 11 heteroatoms. The van der Waals surface area contributed by atoms with E-state index in [1.807, 2.05) is 0 Å². The molecule has 5 aliphatic carbocycles. The molecule has 4 fully saturated rings. The number of anilines is 1. The lowest BCUT2D eigenvalue weighted by Gasteiger charge is -2.72. The normalized spacial score (nSPS) is 37.7. The second kappa shape index (κ2) is 11.9. The number of carboxylic acid groups (broad SMARTS) is 1. The highest BCUT2D eigenvalue weighted by Gasteiger charge is 2.70. The number of nitrogens with one attached hydrogen (secondary N) is 2. The predicted molar refractivity (Wildman–Crippen MR) is 187 cm³/mol. The average molecular weight is 695 g/mol. The van der Waals surface area contributed by atoms with Crippen molar-refractivity contribution in [3.8, 4) is 0 Å². The van der Waals surface area contributed by atoms with E-state index in [0.29, 0.717) is 24.1 Å². The maximum absolute atomic E-state index is 13.9. The third-order valence-corrected chi connectivity index (χ3v) is 14.9. The largest absolute Gasteiger partial charge is 0.481 e. The number of carbonyl (C=O) groups excluding carboxylic acids is 3. The van der Waals surface area contributed by atoms with Crippen LogP contribution in [0.2, 0.25) is 0 Å². The number of aryl methyl sites for hydroxylation is 1. The molecule has 1 heterocycles. The first-order valence-corrected chi connectivity index (χ1v) is 18.7. The van der Waals surface area contributed by atoms with Crippen LogP contribution in [0.3, 0.4) is 0 Å². The van der Waals surface area contributed by atoms with Crippen LogP contribution in [0.5, 0.6) is 0 Å². The third-order valence-electron chi connectivity index (χ3n) is 14.9. The van der Waals surface area contributed by atoms with Gasteiger partial charge in [0.05, 0.1) is 17.4 Å². The molecule has 4 saturated carbocycles. The number of ketones is 1. The fourth-order valence-corrected chi connectivity index (χ4v) is 12.3. The summed E-state index contributed by atoms with van der Waals surface area (Å²) in [7, 11) is 0. The number of allylic oxidation sites excluding steroid dienone is 1. The van der Waals surface area contributed by atoms with Crippen molar-refractivity contribution >= 4 is 29.8 Å². The first kappa shape index (κ1) is 36.5. The minimum atomic E-state index is -1.18. The summed E-state index contributed by atoms with van der Waals surface area (Å²) in [5.41, 5.74) is -0.192. The fourth-order valence-electron chi connectivity index (χ4n) is 12.3. The van der Waals surface area contributed by atoms with Crippen LogP contribution in [0.15, 0.2) is 15.6 Å². The maximum atomic E-state index is 13.9. The predicted octanol–water partition coefficient (Wildman–Crippen LogP) is 7.65. The van der Waals surface area contributed by atoms with E-state index < -0.39 is 28.9 Å². The van der Waals surface area contributed by atoms with Crippen LogP contribution in [0.4, 0.5) is 10.8 Å². The standard InChI is InChI=1S/C39H58N4O7/c1-21(2)29-24(44)19-39(41-32(48)40-33-43-42-22(3)49-33)18-17-37(9)23(30(29)39)11-12-26-36(8)15-14-27(50-28(45)20-34(4,5)31(46)47)35(6,7)25(36)13-16-38(26,37)10/h21,23,25-27H,11-20H2,1-10H3,(H,46,47)(H2,40,41,43,48)/t23-,25+,26-,27+,36+,37-,38-,39-/m1/s1. The minimum absolute atomic E-state index is 0.00268. The summed E-state index contributed by atoms with van der Waals surface area (Å²) in [6.07, 6.45) is 7.18. The molecule has 8 atom stereocenters. The van der Waals surface area contributed by atoms with Gasteiger partial charge in [0.2, 0.25) is 5.89 Å². The SMILES string of the molecule is Cc1nnc(NC(=O)N[C@@]23CC[C@]4(C)[C@H](CC[C@@H]5[C@@]6(C)CC[C@H](OC(=O)CC(C)(C)C(=O)O)C(C)(C)[C@@H]6CC[C@]54C)C2=C(C(C)C)C(=O)C3)o1. The molecular formula is C39H58N4O7. The van der Waals surface area contributed by atoms with E-state index in [4.69, 9.17) is 9.15 Å². The summed E-state index contributed by atoms with van der Waals surface area (Å²) in [5, 5.41) is 23.3. The second-order valence-electron chi connectivity index (χ2n) is 18.7. The molecule has 50 heavy (non-hydrogen) atoms. The number of aliphatic carboxylic acids is 1. The number of fused-ring (bicyclic) bond motifs is 7. The van der Waals surface area contributed by atoms with Gasteiger partial charge in [-0.3, -0.25) is 19.7 Å². The third kappa shape index (κ3) is 5.42. The molecule has 5 aliphatic rings. The van der Waals surface area contributed by atoms with E-state index in [0.717, 1.165) is 56.1 Å². The number of carbonyl (C=O) groups is 4. The Bertz CT molecular complexity index is 1630. The number of rotatable bonds is 7. The zero-order chi connectivity index (χ0) is 36.8. The van der Waals surface area contributed by atoms with Crippen molar-refractivity contribution in [1.29, 1.82) is 0 Å². The van der Waals surface area contributed by atoms with Gasteiger partial charge in [-0.15, -0.1) is 5.10 Å². The summed E-state index contributed by atoms with van der Waals surface area (Å²) >= 11 is 0. The monoisotopic (exact) mass is 694 g/mol. The molecular weight excluding hydrogens is 636 g/mol. The molecule has 3 N–H and O–H groups in total. The summed E-state index contributed by atoms with van der Waals surface area (Å²) in [6.45, 7) is 20.9. The van der Waals surface area contributed by atoms with Gasteiger partial charge in [0.15, 0.2) is 5.78 Å². The Balaban J connectivity index is 1.28. The Morgan fingerprint density at radius 1 is 0.960 bits per heavy atom. The van der Waals surface area contributed by atoms with Gasteiger partial charge in [-0.25, -0.2) is 4.79 Å². The molecule has 11 nitrogen and oxygen atoms in total. The van der Waals surface area contributed by atoms with Crippen LogP contribution in [-0.4, -0.2) is 50.7 Å². The van der Waals surface area contributed by atoms with E-state index >= 15 is 0 Å². The van der Waals surface area contributed by atoms with E-state index in [1.165, 1.54) is 0 Å². The van der Waals surface area contributed by atoms with E-state index in [1.54, 1.807) is 20.8 Å². The molecule has 0 spiro atoms. The summed E-state index contributed by atoms with van der Waals surface area (Å²) < 4.78 is 11.5. The number of hydrogen-bond acceptors (Lipinski definition) is 8. The van der Waals surface area contributed by atoms with Gasteiger partial charge < -0.3 is 19.6 Å². The summed E-state index contributed by atoms with van der Waals surface area (Å²) in [5.74, 6) is 0.0482. The lowest BCUT2D eigenvalue weighted by atomic mass is 9.33. The number of carboxylic acids is 1. The van der Waals surface area contributed by atoms with Crippen molar-refractivity contribution in [3.05, 3.63) is 17.0 Å². The Hall–Kier alpha value is -3.24. The van der Waals surface area contributed by atoms with E-state index in [9.17, 15) is 24.3 Å². The maximum Gasteiger partial charge on any atom is 0.323 e. The number of esters is 1. The van der Waals surface area contributed by atoms with Gasteiger partial charge in [0, 0.05) is 18.8 Å². The van der Waals surface area contributed by atoms with Crippen LogP contribution < -0.4 is 10.6 Å². The Labute approximate surface area is 296 Å². The first-order valence-electron chi connectivity index (χ1n) is 18.7. The van der Waals surface area contributed by atoms with Gasteiger partial charge in [-0.05, 0) is 116 Å². The van der Waals surface area contributed by atoms with Crippen LogP contribution in [0, 0.1) is 57.7 Å². The zero-order valence-electron chi connectivity index (χ0n) is 31.7. The number of nitrogens with zero attached hydrogens (tertiary/aromatic N) is 2. The molecule has 6 rings (SSSR count). The van der Waals surface area contributed by atoms with Gasteiger partial charge in [0.25, 0.3) is 0 Å². The second-order valence-corrected chi connectivity index (χ2v) is 18.7. The highest BCUT2D eigenvalue weighted by atomic mass is 16.5. The average Bonchev–Trinajstić information content (AvgIpc) is 3.53. The van der Waals surface area contributed by atoms with Crippen molar-refractivity contribution in [1.82, 2.24) is 15.5 Å². The highest BCUT2D eigenvalue weighted by molar-refractivity contribution is 6.02.